The van der Waals surface area contributed by atoms with Crippen molar-refractivity contribution in [3.05, 3.63) is 49.6 Å². The molecule has 1 aromatic heterocycles. The number of hydrogen-bond acceptors (Lipinski definition) is 3. The number of aromatic hydroxyl groups is 1. The number of nitrogens with one attached hydrogen (secondary N) is 1. The highest BCUT2D eigenvalue weighted by atomic mass is 79.9. The first-order chi connectivity index (χ1) is 8.15. The normalized spacial score (nSPS) is 10.7. The van der Waals surface area contributed by atoms with Gasteiger partial charge in [-0.3, -0.25) is 0 Å². The minimum Gasteiger partial charge on any atom is -0.508 e. The standard InChI is InChI=1S/C12H11BrClNOS/c13-12-4-2-10(17-12)7-15-6-8-5-9(14)1-3-11(8)16/h1-5,15-16H,6-7H2. The van der Waals surface area contributed by atoms with Gasteiger partial charge in [0.25, 0.3) is 0 Å². The summed E-state index contributed by atoms with van der Waals surface area (Å²) in [5.74, 6) is 0.272. The fraction of sp³-hybridized carbons (Fsp3) is 0.167. The highest BCUT2D eigenvalue weighted by Crippen LogP contribution is 2.23. The molecular formula is C12H11BrClNOS. The Balaban J connectivity index is 1.91. The van der Waals surface area contributed by atoms with E-state index < -0.39 is 0 Å². The lowest BCUT2D eigenvalue weighted by Gasteiger charge is -2.06. The van der Waals surface area contributed by atoms with Gasteiger partial charge in [0.2, 0.25) is 0 Å². The summed E-state index contributed by atoms with van der Waals surface area (Å²) in [6.07, 6.45) is 0. The van der Waals surface area contributed by atoms with E-state index in [1.165, 1.54) is 4.88 Å². The zero-order chi connectivity index (χ0) is 12.3. The molecule has 5 heteroatoms. The number of rotatable bonds is 4. The SMILES string of the molecule is Oc1ccc(Cl)cc1CNCc1ccc(Br)s1. The number of hydrogen-bond donors (Lipinski definition) is 2. The van der Waals surface area contributed by atoms with Crippen molar-refractivity contribution >= 4 is 38.9 Å². The van der Waals surface area contributed by atoms with Crippen molar-refractivity contribution in [1.29, 1.82) is 0 Å². The van der Waals surface area contributed by atoms with Crippen molar-refractivity contribution in [1.82, 2.24) is 5.32 Å². The number of halogens is 2. The van der Waals surface area contributed by atoms with E-state index in [1.54, 1.807) is 29.5 Å². The molecule has 0 unspecified atom stereocenters. The van der Waals surface area contributed by atoms with Crippen LogP contribution in [0.5, 0.6) is 5.75 Å². The summed E-state index contributed by atoms with van der Waals surface area (Å²) < 4.78 is 1.12. The molecule has 0 fully saturated rings. The Bertz CT molecular complexity index is 515. The molecule has 2 rings (SSSR count). The van der Waals surface area contributed by atoms with E-state index in [0.29, 0.717) is 11.6 Å². The second kappa shape index (κ2) is 5.87. The summed E-state index contributed by atoms with van der Waals surface area (Å²) in [5, 5.41) is 13.5. The van der Waals surface area contributed by atoms with Crippen LogP contribution in [-0.2, 0) is 13.1 Å². The maximum absolute atomic E-state index is 9.63. The van der Waals surface area contributed by atoms with E-state index in [1.807, 2.05) is 6.07 Å². The fourth-order valence-electron chi connectivity index (χ4n) is 1.46. The highest BCUT2D eigenvalue weighted by molar-refractivity contribution is 9.11. The predicted octanol–water partition coefficient (Wildman–Crippen LogP) is 4.16. The zero-order valence-electron chi connectivity index (χ0n) is 8.91. The molecule has 0 aliphatic rings. The van der Waals surface area contributed by atoms with Gasteiger partial charge in [0.15, 0.2) is 0 Å². The number of phenolic OH excluding ortho intramolecular Hbond substituents is 1. The molecule has 0 amide bonds. The summed E-state index contributed by atoms with van der Waals surface area (Å²) in [6.45, 7) is 1.38. The topological polar surface area (TPSA) is 32.3 Å². The van der Waals surface area contributed by atoms with Crippen LogP contribution in [0.15, 0.2) is 34.1 Å². The van der Waals surface area contributed by atoms with E-state index in [-0.39, 0.29) is 5.75 Å². The molecule has 1 aromatic carbocycles. The van der Waals surface area contributed by atoms with Crippen molar-refractivity contribution in [3.8, 4) is 5.75 Å². The van der Waals surface area contributed by atoms with Gasteiger partial charge in [-0.25, -0.2) is 0 Å². The average Bonchev–Trinajstić information content (AvgIpc) is 2.69. The molecule has 17 heavy (non-hydrogen) atoms. The number of thiophene rings is 1. The van der Waals surface area contributed by atoms with Gasteiger partial charge in [-0.1, -0.05) is 11.6 Å². The van der Waals surface area contributed by atoms with Crippen LogP contribution in [0, 0.1) is 0 Å². The summed E-state index contributed by atoms with van der Waals surface area (Å²) in [4.78, 5) is 1.25. The Morgan fingerprint density at radius 1 is 1.24 bits per heavy atom. The van der Waals surface area contributed by atoms with Crippen molar-refractivity contribution in [2.45, 2.75) is 13.1 Å². The van der Waals surface area contributed by atoms with E-state index in [0.717, 1.165) is 15.9 Å². The van der Waals surface area contributed by atoms with Crippen LogP contribution in [0.4, 0.5) is 0 Å². The van der Waals surface area contributed by atoms with Crippen LogP contribution >= 0.6 is 38.9 Å². The Morgan fingerprint density at radius 3 is 2.76 bits per heavy atom. The van der Waals surface area contributed by atoms with Gasteiger partial charge in [0.05, 0.1) is 3.79 Å². The van der Waals surface area contributed by atoms with Crippen LogP contribution in [0.3, 0.4) is 0 Å². The Kier molecular flexibility index (Phi) is 4.45. The largest absolute Gasteiger partial charge is 0.508 e. The van der Waals surface area contributed by atoms with E-state index in [9.17, 15) is 5.11 Å². The van der Waals surface area contributed by atoms with Crippen LogP contribution in [0.25, 0.3) is 0 Å². The predicted molar refractivity (Wildman–Crippen MR) is 75.7 cm³/mol. The summed E-state index contributed by atoms with van der Waals surface area (Å²) >= 11 is 11.0. The van der Waals surface area contributed by atoms with E-state index in [2.05, 4.69) is 27.3 Å². The molecule has 2 aromatic rings. The van der Waals surface area contributed by atoms with Gasteiger partial charge in [-0.05, 0) is 46.3 Å². The minimum atomic E-state index is 0.272. The molecule has 0 bridgehead atoms. The van der Waals surface area contributed by atoms with Gasteiger partial charge >= 0.3 is 0 Å². The van der Waals surface area contributed by atoms with Crippen molar-refractivity contribution in [2.75, 3.05) is 0 Å². The second-order valence-corrected chi connectivity index (χ2v) is 6.57. The van der Waals surface area contributed by atoms with Crippen LogP contribution < -0.4 is 5.32 Å². The smallest absolute Gasteiger partial charge is 0.120 e. The molecule has 2 N–H and O–H groups in total. The Labute approximate surface area is 117 Å². The number of benzene rings is 1. The third kappa shape index (κ3) is 3.71. The van der Waals surface area contributed by atoms with E-state index >= 15 is 0 Å². The lowest BCUT2D eigenvalue weighted by Crippen LogP contribution is -2.11. The maximum Gasteiger partial charge on any atom is 0.120 e. The molecule has 0 atom stereocenters. The molecule has 2 nitrogen and oxygen atoms in total. The third-order valence-corrected chi connectivity index (χ3v) is 4.14. The molecule has 0 saturated carbocycles. The van der Waals surface area contributed by atoms with Gasteiger partial charge in [0.1, 0.15) is 5.75 Å². The summed E-state index contributed by atoms with van der Waals surface area (Å²) in [6, 6.07) is 9.16. The average molecular weight is 333 g/mol. The van der Waals surface area contributed by atoms with Crippen LogP contribution in [0.2, 0.25) is 5.02 Å². The maximum atomic E-state index is 9.63. The Morgan fingerprint density at radius 2 is 2.06 bits per heavy atom. The third-order valence-electron chi connectivity index (χ3n) is 2.29. The fourth-order valence-corrected chi connectivity index (χ4v) is 3.11. The molecular weight excluding hydrogens is 322 g/mol. The van der Waals surface area contributed by atoms with Gasteiger partial charge < -0.3 is 10.4 Å². The quantitative estimate of drug-likeness (QED) is 0.881. The summed E-state index contributed by atoms with van der Waals surface area (Å²) in [5.41, 5.74) is 0.813. The molecule has 0 radical (unpaired) electrons. The molecule has 0 aliphatic heterocycles. The van der Waals surface area contributed by atoms with Gasteiger partial charge in [0, 0.05) is 28.6 Å². The van der Waals surface area contributed by atoms with Crippen molar-refractivity contribution in [3.63, 3.8) is 0 Å². The van der Waals surface area contributed by atoms with Crippen LogP contribution in [0.1, 0.15) is 10.4 Å². The summed E-state index contributed by atoms with van der Waals surface area (Å²) in [7, 11) is 0. The second-order valence-electron chi connectivity index (χ2n) is 3.58. The van der Waals surface area contributed by atoms with Crippen molar-refractivity contribution in [2.24, 2.45) is 0 Å². The van der Waals surface area contributed by atoms with E-state index in [4.69, 9.17) is 11.6 Å². The number of phenols is 1. The van der Waals surface area contributed by atoms with Gasteiger partial charge in [-0.2, -0.15) is 0 Å². The molecule has 90 valence electrons. The lowest BCUT2D eigenvalue weighted by molar-refractivity contribution is 0.464. The van der Waals surface area contributed by atoms with Crippen molar-refractivity contribution < 1.29 is 5.11 Å². The first kappa shape index (κ1) is 12.9. The molecule has 0 saturated heterocycles. The molecule has 0 aliphatic carbocycles. The molecule has 1 heterocycles. The minimum absolute atomic E-state index is 0.272. The highest BCUT2D eigenvalue weighted by Gasteiger charge is 2.02. The first-order valence-corrected chi connectivity index (χ1v) is 7.06. The Hall–Kier alpha value is -0.550. The lowest BCUT2D eigenvalue weighted by atomic mass is 10.2. The van der Waals surface area contributed by atoms with Crippen LogP contribution in [-0.4, -0.2) is 5.11 Å². The monoisotopic (exact) mass is 331 g/mol. The zero-order valence-corrected chi connectivity index (χ0v) is 12.1. The van der Waals surface area contributed by atoms with Gasteiger partial charge in [-0.15, -0.1) is 11.3 Å². The first-order valence-electron chi connectivity index (χ1n) is 5.07. The molecule has 0 spiro atoms.